The third-order valence-corrected chi connectivity index (χ3v) is 3.52. The molecule has 0 heterocycles. The van der Waals surface area contributed by atoms with Crippen LogP contribution in [0.5, 0.6) is 0 Å². The van der Waals surface area contributed by atoms with Gasteiger partial charge in [0.25, 0.3) is 0 Å². The molecule has 128 valence electrons. The lowest BCUT2D eigenvalue weighted by molar-refractivity contribution is -0.143. The van der Waals surface area contributed by atoms with Crippen molar-refractivity contribution in [2.45, 2.75) is 38.8 Å². The van der Waals surface area contributed by atoms with E-state index in [1.807, 2.05) is 36.4 Å². The van der Waals surface area contributed by atoms with E-state index in [0.717, 1.165) is 5.56 Å². The molecular formula is C17H21N3O4. The number of carbonyl (C=O) groups excluding carboxylic acids is 2. The zero-order chi connectivity index (χ0) is 18.1. The highest BCUT2D eigenvalue weighted by Crippen LogP contribution is 2.10. The van der Waals surface area contributed by atoms with Gasteiger partial charge in [0.15, 0.2) is 0 Å². The third kappa shape index (κ3) is 6.08. The second-order valence-electron chi connectivity index (χ2n) is 5.61. The van der Waals surface area contributed by atoms with Gasteiger partial charge in [-0.2, -0.15) is 5.26 Å². The van der Waals surface area contributed by atoms with Crippen molar-refractivity contribution in [3.63, 3.8) is 0 Å². The number of carboxylic acid groups (broad SMARTS) is 1. The van der Waals surface area contributed by atoms with Gasteiger partial charge in [-0.05, 0) is 5.56 Å². The van der Waals surface area contributed by atoms with Gasteiger partial charge < -0.3 is 15.7 Å². The summed E-state index contributed by atoms with van der Waals surface area (Å²) in [5.74, 6) is -2.74. The Morgan fingerprint density at radius 2 is 1.83 bits per heavy atom. The standard InChI is InChI=1S/C17H21N3O4/c1-11(8-9-18)15(17(23)24)20-16(22)14(19-12(2)21)10-13-6-4-3-5-7-13/h3-7,11,14-15H,8,10H2,1-2H3,(H,19,21)(H,20,22)(H,23,24)/t11-,14+,15-/m0/s1. The molecule has 3 N–H and O–H groups in total. The van der Waals surface area contributed by atoms with Crippen molar-refractivity contribution in [1.82, 2.24) is 10.6 Å². The summed E-state index contributed by atoms with van der Waals surface area (Å²) in [7, 11) is 0. The first-order valence-corrected chi connectivity index (χ1v) is 7.56. The molecule has 1 aromatic rings. The Bertz CT molecular complexity index is 624. The minimum absolute atomic E-state index is 0.000730. The highest BCUT2D eigenvalue weighted by Gasteiger charge is 2.29. The normalized spacial score (nSPS) is 13.9. The van der Waals surface area contributed by atoms with Gasteiger partial charge in [-0.15, -0.1) is 0 Å². The molecule has 0 bridgehead atoms. The number of carbonyl (C=O) groups is 3. The van der Waals surface area contributed by atoms with E-state index in [9.17, 15) is 19.5 Å². The number of benzene rings is 1. The topological polar surface area (TPSA) is 119 Å². The van der Waals surface area contributed by atoms with E-state index >= 15 is 0 Å². The number of amides is 2. The summed E-state index contributed by atoms with van der Waals surface area (Å²) in [5, 5.41) is 22.9. The minimum atomic E-state index is -1.22. The van der Waals surface area contributed by atoms with Crippen molar-refractivity contribution in [3.8, 4) is 6.07 Å². The number of hydrogen-bond acceptors (Lipinski definition) is 4. The molecule has 0 spiro atoms. The molecule has 0 saturated carbocycles. The highest BCUT2D eigenvalue weighted by atomic mass is 16.4. The van der Waals surface area contributed by atoms with E-state index in [-0.39, 0.29) is 18.7 Å². The van der Waals surface area contributed by atoms with E-state index in [1.54, 1.807) is 6.92 Å². The number of aliphatic carboxylic acids is 1. The second-order valence-corrected chi connectivity index (χ2v) is 5.61. The molecule has 0 aliphatic carbocycles. The van der Waals surface area contributed by atoms with Crippen LogP contribution < -0.4 is 10.6 Å². The largest absolute Gasteiger partial charge is 0.480 e. The Morgan fingerprint density at radius 3 is 2.33 bits per heavy atom. The van der Waals surface area contributed by atoms with Crippen molar-refractivity contribution in [2.24, 2.45) is 5.92 Å². The van der Waals surface area contributed by atoms with Gasteiger partial charge in [0.05, 0.1) is 6.07 Å². The predicted molar refractivity (Wildman–Crippen MR) is 86.7 cm³/mol. The molecule has 1 aromatic carbocycles. The Labute approximate surface area is 140 Å². The Balaban J connectivity index is 2.88. The van der Waals surface area contributed by atoms with Gasteiger partial charge >= 0.3 is 5.97 Å². The van der Waals surface area contributed by atoms with Crippen LogP contribution in [0.1, 0.15) is 25.8 Å². The van der Waals surface area contributed by atoms with Gasteiger partial charge in [-0.3, -0.25) is 9.59 Å². The first-order valence-electron chi connectivity index (χ1n) is 7.56. The lowest BCUT2D eigenvalue weighted by atomic mass is 9.98. The van der Waals surface area contributed by atoms with Crippen molar-refractivity contribution in [2.75, 3.05) is 0 Å². The Kier molecular flexibility index (Phi) is 7.43. The van der Waals surface area contributed by atoms with E-state index in [1.165, 1.54) is 6.92 Å². The number of hydrogen-bond donors (Lipinski definition) is 3. The number of carboxylic acids is 1. The Morgan fingerprint density at radius 1 is 1.21 bits per heavy atom. The molecule has 0 aromatic heterocycles. The minimum Gasteiger partial charge on any atom is -0.480 e. The maximum Gasteiger partial charge on any atom is 0.326 e. The summed E-state index contributed by atoms with van der Waals surface area (Å²) < 4.78 is 0. The number of nitrogens with zero attached hydrogens (tertiary/aromatic N) is 1. The van der Waals surface area contributed by atoms with E-state index in [2.05, 4.69) is 10.6 Å². The maximum absolute atomic E-state index is 12.4. The molecule has 0 aliphatic rings. The van der Waals surface area contributed by atoms with Crippen molar-refractivity contribution in [1.29, 1.82) is 5.26 Å². The molecule has 1 rings (SSSR count). The first kappa shape index (κ1) is 19.2. The van der Waals surface area contributed by atoms with E-state index in [4.69, 9.17) is 5.26 Å². The van der Waals surface area contributed by atoms with Crippen LogP contribution in [0.2, 0.25) is 0 Å². The van der Waals surface area contributed by atoms with Crippen LogP contribution in [0, 0.1) is 17.2 Å². The summed E-state index contributed by atoms with van der Waals surface area (Å²) in [5.41, 5.74) is 0.836. The van der Waals surface area contributed by atoms with Gasteiger partial charge in [0.2, 0.25) is 11.8 Å². The smallest absolute Gasteiger partial charge is 0.326 e. The number of nitrogens with one attached hydrogen (secondary N) is 2. The van der Waals surface area contributed by atoms with Crippen LogP contribution in [-0.4, -0.2) is 35.0 Å². The summed E-state index contributed by atoms with van der Waals surface area (Å²) >= 11 is 0. The fourth-order valence-corrected chi connectivity index (χ4v) is 2.27. The van der Waals surface area contributed by atoms with Crippen molar-refractivity contribution < 1.29 is 19.5 Å². The highest BCUT2D eigenvalue weighted by molar-refractivity contribution is 5.90. The SMILES string of the molecule is CC(=O)N[C@H](Cc1ccccc1)C(=O)N[C@H](C(=O)O)[C@@H](C)CC#N. The predicted octanol–water partition coefficient (Wildman–Crippen LogP) is 0.853. The van der Waals surface area contributed by atoms with Crippen molar-refractivity contribution in [3.05, 3.63) is 35.9 Å². The summed E-state index contributed by atoms with van der Waals surface area (Å²) in [6.07, 6.45) is 0.242. The van der Waals surface area contributed by atoms with E-state index in [0.29, 0.717) is 0 Å². The fraction of sp³-hybridized carbons (Fsp3) is 0.412. The Hall–Kier alpha value is -2.88. The zero-order valence-corrected chi connectivity index (χ0v) is 13.7. The van der Waals surface area contributed by atoms with Gasteiger partial charge in [-0.25, -0.2) is 4.79 Å². The van der Waals surface area contributed by atoms with E-state index < -0.39 is 29.9 Å². The molecule has 0 unspecified atom stereocenters. The first-order chi connectivity index (χ1) is 11.3. The van der Waals surface area contributed by atoms with Crippen LogP contribution in [0.15, 0.2) is 30.3 Å². The quantitative estimate of drug-likeness (QED) is 0.652. The lowest BCUT2D eigenvalue weighted by Crippen LogP contribution is -2.53. The zero-order valence-electron chi connectivity index (χ0n) is 13.7. The number of rotatable bonds is 8. The average Bonchev–Trinajstić information content (AvgIpc) is 2.52. The average molecular weight is 331 g/mol. The van der Waals surface area contributed by atoms with Gasteiger partial charge in [0, 0.05) is 25.7 Å². The molecule has 7 heteroatoms. The second kappa shape index (κ2) is 9.30. The maximum atomic E-state index is 12.4. The van der Waals surface area contributed by atoms with Gasteiger partial charge in [-0.1, -0.05) is 37.3 Å². The third-order valence-electron chi connectivity index (χ3n) is 3.52. The molecule has 24 heavy (non-hydrogen) atoms. The molecule has 0 radical (unpaired) electrons. The molecule has 0 fully saturated rings. The summed E-state index contributed by atoms with van der Waals surface area (Å²) in [6.45, 7) is 2.87. The van der Waals surface area contributed by atoms with Crippen LogP contribution in [0.3, 0.4) is 0 Å². The fourth-order valence-electron chi connectivity index (χ4n) is 2.27. The molecule has 0 aliphatic heterocycles. The van der Waals surface area contributed by atoms with Crippen LogP contribution >= 0.6 is 0 Å². The van der Waals surface area contributed by atoms with Crippen LogP contribution in [0.4, 0.5) is 0 Å². The monoisotopic (exact) mass is 331 g/mol. The lowest BCUT2D eigenvalue weighted by Gasteiger charge is -2.23. The molecule has 7 nitrogen and oxygen atoms in total. The summed E-state index contributed by atoms with van der Waals surface area (Å²) in [6, 6.07) is 8.90. The van der Waals surface area contributed by atoms with Crippen LogP contribution in [-0.2, 0) is 20.8 Å². The molecular weight excluding hydrogens is 310 g/mol. The van der Waals surface area contributed by atoms with Crippen LogP contribution in [0.25, 0.3) is 0 Å². The van der Waals surface area contributed by atoms with Crippen molar-refractivity contribution >= 4 is 17.8 Å². The molecule has 0 saturated heterocycles. The molecule has 3 atom stereocenters. The summed E-state index contributed by atoms with van der Waals surface area (Å²) in [4.78, 5) is 35.1. The van der Waals surface area contributed by atoms with Gasteiger partial charge in [0.1, 0.15) is 12.1 Å². The molecule has 2 amide bonds. The number of nitriles is 1.